The standard InChI is InChI=1S/C21H30O3/c1-12(2)17-13-7-8-16-20(3,4)9-6-10-21(16,5)15(13)11-14(18(17)22)19(23)24/h11-12,16,22H,6-10H2,1-5H3,(H,23,24)/t16?,21-/m1/s1. The number of benzene rings is 1. The van der Waals surface area contributed by atoms with Gasteiger partial charge in [-0.3, -0.25) is 0 Å². The molecule has 3 heteroatoms. The van der Waals surface area contributed by atoms with E-state index in [0.717, 1.165) is 24.8 Å². The van der Waals surface area contributed by atoms with Crippen molar-refractivity contribution in [3.8, 4) is 5.75 Å². The molecular formula is C21H30O3. The molecule has 0 spiro atoms. The van der Waals surface area contributed by atoms with Gasteiger partial charge in [0.25, 0.3) is 0 Å². The Morgan fingerprint density at radius 1 is 1.25 bits per heavy atom. The van der Waals surface area contributed by atoms with Crippen molar-refractivity contribution in [1.29, 1.82) is 0 Å². The summed E-state index contributed by atoms with van der Waals surface area (Å²) in [6.45, 7) is 11.1. The van der Waals surface area contributed by atoms with Crippen molar-refractivity contribution >= 4 is 5.97 Å². The quantitative estimate of drug-likeness (QED) is 0.779. The fourth-order valence-electron chi connectivity index (χ4n) is 5.74. The van der Waals surface area contributed by atoms with Gasteiger partial charge in [0.15, 0.2) is 0 Å². The largest absolute Gasteiger partial charge is 0.507 e. The molecule has 132 valence electrons. The van der Waals surface area contributed by atoms with Crippen LogP contribution in [0.4, 0.5) is 0 Å². The van der Waals surface area contributed by atoms with Crippen LogP contribution in [0.5, 0.6) is 5.75 Å². The summed E-state index contributed by atoms with van der Waals surface area (Å²) in [5, 5.41) is 20.2. The first-order valence-electron chi connectivity index (χ1n) is 9.22. The van der Waals surface area contributed by atoms with Crippen LogP contribution in [-0.4, -0.2) is 16.2 Å². The van der Waals surface area contributed by atoms with Gasteiger partial charge in [0, 0.05) is 5.56 Å². The highest BCUT2D eigenvalue weighted by Gasteiger charge is 2.50. The normalized spacial score (nSPS) is 28.3. The molecule has 2 N–H and O–H groups in total. The van der Waals surface area contributed by atoms with Crippen LogP contribution in [0.3, 0.4) is 0 Å². The number of carboxylic acid groups (broad SMARTS) is 1. The highest BCUT2D eigenvalue weighted by molar-refractivity contribution is 5.92. The molecule has 0 bridgehead atoms. The third-order valence-electron chi connectivity index (χ3n) is 6.78. The van der Waals surface area contributed by atoms with Gasteiger partial charge in [-0.15, -0.1) is 0 Å². The summed E-state index contributed by atoms with van der Waals surface area (Å²) in [4.78, 5) is 11.7. The molecule has 3 rings (SSSR count). The van der Waals surface area contributed by atoms with Crippen molar-refractivity contribution in [2.45, 2.75) is 78.1 Å². The molecule has 0 radical (unpaired) electrons. The van der Waals surface area contributed by atoms with Crippen molar-refractivity contribution in [2.75, 3.05) is 0 Å². The summed E-state index contributed by atoms with van der Waals surface area (Å²) in [6, 6.07) is 1.78. The summed E-state index contributed by atoms with van der Waals surface area (Å²) in [5.41, 5.74) is 3.62. The number of aromatic hydroxyl groups is 1. The van der Waals surface area contributed by atoms with Crippen molar-refractivity contribution in [2.24, 2.45) is 11.3 Å². The molecule has 0 amide bonds. The molecule has 2 atom stereocenters. The average Bonchev–Trinajstić information content (AvgIpc) is 2.44. The molecule has 1 fully saturated rings. The van der Waals surface area contributed by atoms with E-state index in [1.165, 1.54) is 24.0 Å². The van der Waals surface area contributed by atoms with E-state index in [0.29, 0.717) is 5.92 Å². The van der Waals surface area contributed by atoms with Crippen LogP contribution in [0.25, 0.3) is 0 Å². The minimum Gasteiger partial charge on any atom is -0.507 e. The third kappa shape index (κ3) is 2.35. The molecule has 3 nitrogen and oxygen atoms in total. The summed E-state index contributed by atoms with van der Waals surface area (Å²) in [5.74, 6) is -0.362. The lowest BCUT2D eigenvalue weighted by Gasteiger charge is -2.55. The molecule has 1 aromatic rings. The number of rotatable bonds is 2. The lowest BCUT2D eigenvalue weighted by Crippen LogP contribution is -2.48. The summed E-state index contributed by atoms with van der Waals surface area (Å²) >= 11 is 0. The van der Waals surface area contributed by atoms with Crippen molar-refractivity contribution in [1.82, 2.24) is 0 Å². The van der Waals surface area contributed by atoms with Gasteiger partial charge >= 0.3 is 5.97 Å². The molecule has 24 heavy (non-hydrogen) atoms. The molecule has 0 saturated heterocycles. The minimum atomic E-state index is -1.03. The second-order valence-electron chi connectivity index (χ2n) is 9.02. The molecule has 1 aromatic carbocycles. The van der Waals surface area contributed by atoms with Gasteiger partial charge in [-0.25, -0.2) is 4.79 Å². The Labute approximate surface area is 145 Å². The molecule has 2 aliphatic carbocycles. The first-order chi connectivity index (χ1) is 11.1. The maximum atomic E-state index is 11.7. The second kappa shape index (κ2) is 5.50. The Morgan fingerprint density at radius 3 is 2.50 bits per heavy atom. The van der Waals surface area contributed by atoms with Crippen LogP contribution in [-0.2, 0) is 11.8 Å². The Morgan fingerprint density at radius 2 is 1.92 bits per heavy atom. The predicted octanol–water partition coefficient (Wildman–Crippen LogP) is 5.24. The van der Waals surface area contributed by atoms with Crippen LogP contribution < -0.4 is 0 Å². The number of phenols is 1. The van der Waals surface area contributed by atoms with E-state index in [4.69, 9.17) is 0 Å². The van der Waals surface area contributed by atoms with E-state index < -0.39 is 5.97 Å². The lowest BCUT2D eigenvalue weighted by atomic mass is 9.50. The van der Waals surface area contributed by atoms with Crippen LogP contribution >= 0.6 is 0 Å². The molecule has 1 unspecified atom stereocenters. The maximum Gasteiger partial charge on any atom is 0.339 e. The van der Waals surface area contributed by atoms with E-state index in [1.807, 2.05) is 13.8 Å². The van der Waals surface area contributed by atoms with Gasteiger partial charge < -0.3 is 10.2 Å². The van der Waals surface area contributed by atoms with E-state index in [2.05, 4.69) is 20.8 Å². The molecule has 0 aromatic heterocycles. The lowest BCUT2D eigenvalue weighted by molar-refractivity contribution is 0.0403. The minimum absolute atomic E-state index is 0.0108. The van der Waals surface area contributed by atoms with Gasteiger partial charge in [-0.2, -0.15) is 0 Å². The second-order valence-corrected chi connectivity index (χ2v) is 9.02. The number of hydrogen-bond acceptors (Lipinski definition) is 2. The zero-order chi connectivity index (χ0) is 17.9. The Bertz CT molecular complexity index is 687. The third-order valence-corrected chi connectivity index (χ3v) is 6.78. The molecule has 0 heterocycles. The van der Waals surface area contributed by atoms with Crippen LogP contribution in [0.2, 0.25) is 0 Å². The monoisotopic (exact) mass is 330 g/mol. The van der Waals surface area contributed by atoms with E-state index in [9.17, 15) is 15.0 Å². The van der Waals surface area contributed by atoms with Gasteiger partial charge in [0.1, 0.15) is 11.3 Å². The zero-order valence-corrected chi connectivity index (χ0v) is 15.6. The highest BCUT2D eigenvalue weighted by atomic mass is 16.4. The predicted molar refractivity (Wildman–Crippen MR) is 96.0 cm³/mol. The Kier molecular flexibility index (Phi) is 3.97. The highest BCUT2D eigenvalue weighted by Crippen LogP contribution is 2.58. The first-order valence-corrected chi connectivity index (χ1v) is 9.22. The SMILES string of the molecule is CC(C)c1c(O)c(C(=O)O)cc2c1CCC1C(C)(C)CCC[C@]21C. The number of fused-ring (bicyclic) bond motifs is 3. The van der Waals surface area contributed by atoms with E-state index in [1.54, 1.807) is 6.07 Å². The number of aromatic carboxylic acids is 1. The number of carbonyl (C=O) groups is 1. The first kappa shape index (κ1) is 17.3. The topological polar surface area (TPSA) is 57.5 Å². The summed E-state index contributed by atoms with van der Waals surface area (Å²) in [6.07, 6.45) is 5.60. The van der Waals surface area contributed by atoms with Gasteiger partial charge in [0.05, 0.1) is 0 Å². The number of carboxylic acids is 1. The molecule has 0 aliphatic heterocycles. The van der Waals surface area contributed by atoms with Crippen molar-refractivity contribution in [3.63, 3.8) is 0 Å². The van der Waals surface area contributed by atoms with Crippen LogP contribution in [0.15, 0.2) is 6.07 Å². The van der Waals surface area contributed by atoms with Gasteiger partial charge in [-0.05, 0) is 65.5 Å². The molecule has 1 saturated carbocycles. The Hall–Kier alpha value is -1.51. The maximum absolute atomic E-state index is 11.7. The fraction of sp³-hybridized carbons (Fsp3) is 0.667. The number of hydrogen-bond donors (Lipinski definition) is 2. The fourth-order valence-corrected chi connectivity index (χ4v) is 5.74. The summed E-state index contributed by atoms with van der Waals surface area (Å²) in [7, 11) is 0. The van der Waals surface area contributed by atoms with Gasteiger partial charge in [0.2, 0.25) is 0 Å². The van der Waals surface area contributed by atoms with Crippen molar-refractivity contribution in [3.05, 3.63) is 28.3 Å². The molecule has 2 aliphatic rings. The average molecular weight is 330 g/mol. The van der Waals surface area contributed by atoms with Crippen molar-refractivity contribution < 1.29 is 15.0 Å². The zero-order valence-electron chi connectivity index (χ0n) is 15.6. The smallest absolute Gasteiger partial charge is 0.339 e. The van der Waals surface area contributed by atoms with E-state index >= 15 is 0 Å². The van der Waals surface area contributed by atoms with E-state index in [-0.39, 0.29) is 28.1 Å². The summed E-state index contributed by atoms with van der Waals surface area (Å²) < 4.78 is 0. The van der Waals surface area contributed by atoms with Crippen LogP contribution in [0, 0.1) is 11.3 Å². The molecular weight excluding hydrogens is 300 g/mol. The van der Waals surface area contributed by atoms with Gasteiger partial charge in [-0.1, -0.05) is 41.0 Å². The van der Waals surface area contributed by atoms with Crippen LogP contribution in [0.1, 0.15) is 93.3 Å². The Balaban J connectivity index is 2.28.